The third kappa shape index (κ3) is 6.04. The van der Waals surface area contributed by atoms with Crippen molar-refractivity contribution in [1.82, 2.24) is 10.2 Å². The molecule has 0 spiro atoms. The number of hydrogen-bond acceptors (Lipinski definition) is 5. The molecule has 0 saturated carbocycles. The van der Waals surface area contributed by atoms with Crippen LogP contribution in [0.5, 0.6) is 0 Å². The number of carbonyl (C=O) groups excluding carboxylic acids is 1. The van der Waals surface area contributed by atoms with Gasteiger partial charge >= 0.3 is 0 Å². The molecule has 1 heterocycles. The topological polar surface area (TPSA) is 79.0 Å². The molecule has 162 valence electrons. The van der Waals surface area contributed by atoms with E-state index in [-0.39, 0.29) is 17.3 Å². The van der Waals surface area contributed by atoms with E-state index in [0.29, 0.717) is 32.0 Å². The lowest BCUT2D eigenvalue weighted by atomic mass is 10.2. The van der Waals surface area contributed by atoms with Gasteiger partial charge in [0.05, 0.1) is 23.8 Å². The number of halogens is 1. The molecule has 0 bridgehead atoms. The van der Waals surface area contributed by atoms with E-state index in [9.17, 15) is 13.2 Å². The number of ether oxygens (including phenoxy) is 1. The van der Waals surface area contributed by atoms with E-state index < -0.39 is 10.0 Å². The average Bonchev–Trinajstić information content (AvgIpc) is 2.74. The molecule has 3 rings (SSSR count). The fourth-order valence-electron chi connectivity index (χ4n) is 3.12. The number of hydrogen-bond donors (Lipinski definition) is 1. The second-order valence-electron chi connectivity index (χ2n) is 7.11. The Kier molecular flexibility index (Phi) is 7.87. The van der Waals surface area contributed by atoms with Gasteiger partial charge in [0, 0.05) is 30.7 Å². The number of nitrogens with zero attached hydrogens (tertiary/aromatic N) is 2. The SMILES string of the molecule is Cc1ccc(S(=O)(=O)N(CC(=O)NCCN2CCOCC2)c2ccc(Br)cc2)cc1. The highest BCUT2D eigenvalue weighted by atomic mass is 79.9. The Bertz CT molecular complexity index is 943. The highest BCUT2D eigenvalue weighted by Gasteiger charge is 2.27. The van der Waals surface area contributed by atoms with E-state index in [2.05, 4.69) is 26.1 Å². The van der Waals surface area contributed by atoms with Crippen LogP contribution in [0.4, 0.5) is 5.69 Å². The summed E-state index contributed by atoms with van der Waals surface area (Å²) in [4.78, 5) is 15.0. The molecular weight excluding hydrogens is 470 g/mol. The zero-order valence-electron chi connectivity index (χ0n) is 16.9. The molecule has 2 aromatic rings. The minimum Gasteiger partial charge on any atom is -0.379 e. The summed E-state index contributed by atoms with van der Waals surface area (Å²) in [5.74, 6) is -0.345. The lowest BCUT2D eigenvalue weighted by Gasteiger charge is -2.27. The molecule has 9 heteroatoms. The fraction of sp³-hybridized carbons (Fsp3) is 0.381. The Morgan fingerprint density at radius 3 is 2.37 bits per heavy atom. The smallest absolute Gasteiger partial charge is 0.264 e. The summed E-state index contributed by atoms with van der Waals surface area (Å²) in [6, 6.07) is 13.5. The van der Waals surface area contributed by atoms with Gasteiger partial charge < -0.3 is 10.1 Å². The number of amides is 1. The zero-order valence-corrected chi connectivity index (χ0v) is 19.3. The number of rotatable bonds is 8. The summed E-state index contributed by atoms with van der Waals surface area (Å²) >= 11 is 3.36. The number of sulfonamides is 1. The highest BCUT2D eigenvalue weighted by molar-refractivity contribution is 9.10. The molecule has 0 aromatic heterocycles. The van der Waals surface area contributed by atoms with Crippen LogP contribution < -0.4 is 9.62 Å². The quantitative estimate of drug-likeness (QED) is 0.608. The third-order valence-electron chi connectivity index (χ3n) is 4.86. The number of carbonyl (C=O) groups is 1. The first kappa shape index (κ1) is 22.7. The standard InChI is InChI=1S/C21H26BrN3O4S/c1-17-2-8-20(9-3-17)30(27,28)25(19-6-4-18(22)5-7-19)16-21(26)23-10-11-24-12-14-29-15-13-24/h2-9H,10-16H2,1H3,(H,23,26). The molecule has 0 atom stereocenters. The van der Waals surface area contributed by atoms with Crippen molar-refractivity contribution in [3.8, 4) is 0 Å². The first-order valence-electron chi connectivity index (χ1n) is 9.78. The summed E-state index contributed by atoms with van der Waals surface area (Å²) in [5.41, 5.74) is 1.40. The van der Waals surface area contributed by atoms with Crippen molar-refractivity contribution in [2.75, 3.05) is 50.2 Å². The van der Waals surface area contributed by atoms with Crippen LogP contribution in [0, 0.1) is 6.92 Å². The number of benzene rings is 2. The second kappa shape index (κ2) is 10.4. The van der Waals surface area contributed by atoms with Crippen molar-refractivity contribution in [3.05, 3.63) is 58.6 Å². The Morgan fingerprint density at radius 2 is 1.73 bits per heavy atom. The normalized spacial score (nSPS) is 15.0. The number of aryl methyl sites for hydroxylation is 1. The van der Waals surface area contributed by atoms with Crippen LogP contribution in [0.1, 0.15) is 5.56 Å². The fourth-order valence-corrected chi connectivity index (χ4v) is 4.81. The molecular formula is C21H26BrN3O4S. The second-order valence-corrected chi connectivity index (χ2v) is 9.88. The Labute approximate surface area is 186 Å². The molecule has 0 aliphatic carbocycles. The summed E-state index contributed by atoms with van der Waals surface area (Å²) in [6.45, 7) is 5.83. The van der Waals surface area contributed by atoms with Crippen LogP contribution in [0.25, 0.3) is 0 Å². The third-order valence-corrected chi connectivity index (χ3v) is 7.18. The van der Waals surface area contributed by atoms with Crippen molar-refractivity contribution < 1.29 is 17.9 Å². The van der Waals surface area contributed by atoms with Crippen LogP contribution >= 0.6 is 15.9 Å². The lowest BCUT2D eigenvalue weighted by molar-refractivity contribution is -0.119. The molecule has 0 unspecified atom stereocenters. The van der Waals surface area contributed by atoms with Gasteiger partial charge in [0.15, 0.2) is 0 Å². The van der Waals surface area contributed by atoms with E-state index in [0.717, 1.165) is 27.4 Å². The highest BCUT2D eigenvalue weighted by Crippen LogP contribution is 2.25. The van der Waals surface area contributed by atoms with E-state index in [1.807, 2.05) is 6.92 Å². The first-order valence-corrected chi connectivity index (χ1v) is 12.0. The summed E-state index contributed by atoms with van der Waals surface area (Å²) in [7, 11) is -3.89. The molecule has 1 fully saturated rings. The molecule has 7 nitrogen and oxygen atoms in total. The minimum atomic E-state index is -3.89. The molecule has 0 radical (unpaired) electrons. The van der Waals surface area contributed by atoms with Crippen molar-refractivity contribution in [2.45, 2.75) is 11.8 Å². The van der Waals surface area contributed by atoms with Gasteiger partial charge in [0.2, 0.25) is 5.91 Å². The van der Waals surface area contributed by atoms with E-state index >= 15 is 0 Å². The van der Waals surface area contributed by atoms with Crippen LogP contribution in [-0.4, -0.2) is 65.2 Å². The minimum absolute atomic E-state index is 0.150. The van der Waals surface area contributed by atoms with Crippen LogP contribution in [0.15, 0.2) is 57.9 Å². The van der Waals surface area contributed by atoms with Crippen molar-refractivity contribution >= 4 is 37.5 Å². The van der Waals surface area contributed by atoms with Gasteiger partial charge in [0.25, 0.3) is 10.0 Å². The van der Waals surface area contributed by atoms with Crippen LogP contribution in [0.2, 0.25) is 0 Å². The number of nitrogens with one attached hydrogen (secondary N) is 1. The maximum atomic E-state index is 13.3. The first-order chi connectivity index (χ1) is 14.4. The van der Waals surface area contributed by atoms with E-state index in [1.165, 1.54) is 0 Å². The monoisotopic (exact) mass is 495 g/mol. The predicted octanol–water partition coefficient (Wildman–Crippen LogP) is 2.40. The van der Waals surface area contributed by atoms with Crippen molar-refractivity contribution in [1.29, 1.82) is 0 Å². The Balaban J connectivity index is 1.73. The average molecular weight is 496 g/mol. The number of morpholine rings is 1. The van der Waals surface area contributed by atoms with Gasteiger partial charge in [-0.15, -0.1) is 0 Å². The Hall–Kier alpha value is -1.94. The molecule has 1 amide bonds. The molecule has 1 saturated heterocycles. The molecule has 1 aliphatic rings. The van der Waals surface area contributed by atoms with Crippen LogP contribution in [0.3, 0.4) is 0 Å². The Morgan fingerprint density at radius 1 is 1.10 bits per heavy atom. The molecule has 2 aromatic carbocycles. The maximum Gasteiger partial charge on any atom is 0.264 e. The lowest BCUT2D eigenvalue weighted by Crippen LogP contribution is -2.44. The van der Waals surface area contributed by atoms with Gasteiger partial charge in [-0.05, 0) is 43.3 Å². The molecule has 1 N–H and O–H groups in total. The van der Waals surface area contributed by atoms with Crippen molar-refractivity contribution in [2.24, 2.45) is 0 Å². The number of anilines is 1. The summed E-state index contributed by atoms with van der Waals surface area (Å²) in [6.07, 6.45) is 0. The van der Waals surface area contributed by atoms with E-state index in [1.54, 1.807) is 48.5 Å². The summed E-state index contributed by atoms with van der Waals surface area (Å²) in [5, 5.41) is 2.84. The van der Waals surface area contributed by atoms with Crippen molar-refractivity contribution in [3.63, 3.8) is 0 Å². The van der Waals surface area contributed by atoms with Gasteiger partial charge in [-0.2, -0.15) is 0 Å². The summed E-state index contributed by atoms with van der Waals surface area (Å²) < 4.78 is 33.9. The van der Waals surface area contributed by atoms with Gasteiger partial charge in [0.1, 0.15) is 6.54 Å². The van der Waals surface area contributed by atoms with E-state index in [4.69, 9.17) is 4.74 Å². The van der Waals surface area contributed by atoms with Gasteiger partial charge in [-0.1, -0.05) is 33.6 Å². The zero-order chi connectivity index (χ0) is 21.6. The van der Waals surface area contributed by atoms with Gasteiger partial charge in [-0.3, -0.25) is 14.0 Å². The van der Waals surface area contributed by atoms with Crippen LogP contribution in [-0.2, 0) is 19.6 Å². The molecule has 1 aliphatic heterocycles. The van der Waals surface area contributed by atoms with Gasteiger partial charge in [-0.25, -0.2) is 8.42 Å². The maximum absolute atomic E-state index is 13.3. The molecule has 30 heavy (non-hydrogen) atoms. The predicted molar refractivity (Wildman–Crippen MR) is 120 cm³/mol. The largest absolute Gasteiger partial charge is 0.379 e.